The first kappa shape index (κ1) is 26.4. The van der Waals surface area contributed by atoms with E-state index in [0.717, 1.165) is 0 Å². The summed E-state index contributed by atoms with van der Waals surface area (Å²) in [4.78, 5) is 26.5. The maximum absolute atomic E-state index is 14.0. The normalized spacial score (nSPS) is 21.3. The summed E-state index contributed by atoms with van der Waals surface area (Å²) in [6.07, 6.45) is -0.588. The molecule has 10 heteroatoms. The zero-order chi connectivity index (χ0) is 25.5. The number of alkyl halides is 2. The number of alkyl carbamates (subject to hydrolysis) is 1. The number of ether oxygens (including phenoxy) is 1. The average molecular weight is 480 g/mol. The number of rotatable bonds is 4. The Kier molecular flexibility index (Phi) is 7.08. The second kappa shape index (κ2) is 9.11. The van der Waals surface area contributed by atoms with Gasteiger partial charge in [-0.3, -0.25) is 4.79 Å². The molecule has 0 aliphatic carbocycles. The van der Waals surface area contributed by atoms with Gasteiger partial charge < -0.3 is 24.3 Å². The first-order valence-electron chi connectivity index (χ1n) is 11.6. The fourth-order valence-corrected chi connectivity index (χ4v) is 3.87. The van der Waals surface area contributed by atoms with E-state index in [4.69, 9.17) is 14.0 Å². The van der Waals surface area contributed by atoms with Crippen molar-refractivity contribution in [2.75, 3.05) is 13.1 Å². The summed E-state index contributed by atoms with van der Waals surface area (Å²) in [5, 5.41) is 2.68. The van der Waals surface area contributed by atoms with Crippen molar-refractivity contribution in [3.05, 3.63) is 29.3 Å². The minimum absolute atomic E-state index is 0.0820. The SMILES string of the molecule is CC(C)(C)OC(=O)NCc1cc(B2OC(C)(C)C(C)(C)O2)cc(C(=O)N2CCCC(F)(F)C2)c1. The zero-order valence-electron chi connectivity index (χ0n) is 21.1. The quantitative estimate of drug-likeness (QED) is 0.662. The number of nitrogens with one attached hydrogen (secondary N) is 1. The van der Waals surface area contributed by atoms with E-state index in [1.165, 1.54) is 4.90 Å². The maximum Gasteiger partial charge on any atom is 0.494 e. The monoisotopic (exact) mass is 480 g/mol. The number of nitrogens with zero attached hydrogens (tertiary/aromatic N) is 1. The molecule has 2 aliphatic heterocycles. The second-order valence-corrected chi connectivity index (χ2v) is 11.1. The number of amides is 2. The van der Waals surface area contributed by atoms with Gasteiger partial charge in [-0.25, -0.2) is 13.6 Å². The van der Waals surface area contributed by atoms with Gasteiger partial charge in [-0.05, 0) is 78.0 Å². The molecule has 0 aromatic heterocycles. The summed E-state index contributed by atoms with van der Waals surface area (Å²) in [5.41, 5.74) is -0.427. The van der Waals surface area contributed by atoms with Crippen molar-refractivity contribution < 1.29 is 32.4 Å². The molecule has 1 N–H and O–H groups in total. The second-order valence-electron chi connectivity index (χ2n) is 11.1. The molecular formula is C24H35BF2N2O5. The highest BCUT2D eigenvalue weighted by molar-refractivity contribution is 6.62. The van der Waals surface area contributed by atoms with Crippen LogP contribution >= 0.6 is 0 Å². The van der Waals surface area contributed by atoms with Gasteiger partial charge in [-0.15, -0.1) is 0 Å². The van der Waals surface area contributed by atoms with Crippen LogP contribution in [-0.2, 0) is 20.6 Å². The van der Waals surface area contributed by atoms with Gasteiger partial charge in [0, 0.05) is 25.1 Å². The van der Waals surface area contributed by atoms with Crippen LogP contribution in [0.5, 0.6) is 0 Å². The van der Waals surface area contributed by atoms with E-state index in [0.29, 0.717) is 11.0 Å². The number of piperidine rings is 1. The number of carbonyl (C=O) groups excluding carboxylic acids is 2. The van der Waals surface area contributed by atoms with Gasteiger partial charge >= 0.3 is 13.2 Å². The van der Waals surface area contributed by atoms with E-state index in [-0.39, 0.29) is 31.5 Å². The van der Waals surface area contributed by atoms with Crippen molar-refractivity contribution in [2.45, 2.75) is 90.6 Å². The highest BCUT2D eigenvalue weighted by atomic mass is 19.3. The Labute approximate surface area is 200 Å². The lowest BCUT2D eigenvalue weighted by molar-refractivity contribution is -0.0560. The van der Waals surface area contributed by atoms with Crippen molar-refractivity contribution in [2.24, 2.45) is 0 Å². The Morgan fingerprint density at radius 2 is 1.74 bits per heavy atom. The van der Waals surface area contributed by atoms with E-state index < -0.39 is 48.4 Å². The third kappa shape index (κ3) is 6.27. The lowest BCUT2D eigenvalue weighted by Gasteiger charge is -2.32. The number of halogens is 2. The zero-order valence-corrected chi connectivity index (χ0v) is 21.1. The predicted octanol–water partition coefficient (Wildman–Crippen LogP) is 3.88. The fraction of sp³-hybridized carbons (Fsp3) is 0.667. The molecule has 0 unspecified atom stereocenters. The van der Waals surface area contributed by atoms with Crippen LogP contribution in [0.15, 0.2) is 18.2 Å². The number of benzene rings is 1. The first-order chi connectivity index (χ1) is 15.5. The Morgan fingerprint density at radius 1 is 1.12 bits per heavy atom. The molecule has 0 bridgehead atoms. The number of hydrogen-bond donors (Lipinski definition) is 1. The van der Waals surface area contributed by atoms with E-state index in [1.807, 2.05) is 27.7 Å². The molecule has 2 saturated heterocycles. The molecule has 2 aliphatic rings. The fourth-order valence-electron chi connectivity index (χ4n) is 3.87. The molecule has 7 nitrogen and oxygen atoms in total. The van der Waals surface area contributed by atoms with E-state index in [1.54, 1.807) is 39.0 Å². The van der Waals surface area contributed by atoms with Crippen LogP contribution in [0.1, 0.15) is 77.2 Å². The average Bonchev–Trinajstić information content (AvgIpc) is 2.91. The number of hydrogen-bond acceptors (Lipinski definition) is 5. The van der Waals surface area contributed by atoms with Crippen LogP contribution < -0.4 is 10.8 Å². The van der Waals surface area contributed by atoms with Crippen molar-refractivity contribution in [1.29, 1.82) is 0 Å². The minimum Gasteiger partial charge on any atom is -0.444 e. The molecule has 34 heavy (non-hydrogen) atoms. The van der Waals surface area contributed by atoms with Gasteiger partial charge in [0.1, 0.15) is 5.60 Å². The summed E-state index contributed by atoms with van der Waals surface area (Å²) in [5.74, 6) is -3.39. The molecule has 2 heterocycles. The molecular weight excluding hydrogens is 445 g/mol. The van der Waals surface area contributed by atoms with Crippen molar-refractivity contribution in [1.82, 2.24) is 10.2 Å². The molecule has 1 aromatic carbocycles. The topological polar surface area (TPSA) is 77.1 Å². The Balaban J connectivity index is 1.89. The molecule has 1 aromatic rings. The van der Waals surface area contributed by atoms with Crippen LogP contribution in [0.4, 0.5) is 13.6 Å². The Morgan fingerprint density at radius 3 is 2.29 bits per heavy atom. The van der Waals surface area contributed by atoms with Crippen LogP contribution in [-0.4, -0.2) is 59.8 Å². The highest BCUT2D eigenvalue weighted by Gasteiger charge is 2.52. The molecule has 0 saturated carbocycles. The lowest BCUT2D eigenvalue weighted by Crippen LogP contribution is -2.46. The summed E-state index contributed by atoms with van der Waals surface area (Å²) in [6, 6.07) is 5.00. The predicted molar refractivity (Wildman–Crippen MR) is 125 cm³/mol. The summed E-state index contributed by atoms with van der Waals surface area (Å²) in [7, 11) is -0.749. The third-order valence-electron chi connectivity index (χ3n) is 6.30. The number of carbonyl (C=O) groups is 2. The first-order valence-corrected chi connectivity index (χ1v) is 11.6. The molecule has 2 fully saturated rings. The van der Waals surface area contributed by atoms with Crippen LogP contribution in [0.2, 0.25) is 0 Å². The van der Waals surface area contributed by atoms with Gasteiger partial charge in [0.05, 0.1) is 17.7 Å². The van der Waals surface area contributed by atoms with Crippen LogP contribution in [0.25, 0.3) is 0 Å². The Hall–Kier alpha value is -2.20. The third-order valence-corrected chi connectivity index (χ3v) is 6.30. The van der Waals surface area contributed by atoms with Crippen LogP contribution in [0, 0.1) is 0 Å². The van der Waals surface area contributed by atoms with Gasteiger partial charge in [0.15, 0.2) is 0 Å². The van der Waals surface area contributed by atoms with Gasteiger partial charge in [0.2, 0.25) is 0 Å². The van der Waals surface area contributed by atoms with Crippen molar-refractivity contribution in [3.8, 4) is 0 Å². The summed E-state index contributed by atoms with van der Waals surface area (Å²) < 4.78 is 45.5. The van der Waals surface area contributed by atoms with E-state index in [2.05, 4.69) is 5.32 Å². The molecule has 0 atom stereocenters. The van der Waals surface area contributed by atoms with Crippen molar-refractivity contribution >= 4 is 24.6 Å². The van der Waals surface area contributed by atoms with Gasteiger partial charge in [0.25, 0.3) is 11.8 Å². The molecule has 0 spiro atoms. The highest BCUT2D eigenvalue weighted by Crippen LogP contribution is 2.36. The minimum atomic E-state index is -2.90. The summed E-state index contributed by atoms with van der Waals surface area (Å²) in [6.45, 7) is 12.7. The molecule has 0 radical (unpaired) electrons. The maximum atomic E-state index is 14.0. The molecule has 2 amide bonds. The standard InChI is InChI=1S/C24H35BF2N2O5/c1-21(2,3)32-20(31)28-14-16-11-17(19(30)29-10-8-9-24(26,27)15-29)13-18(12-16)25-33-22(4,5)23(6,7)34-25/h11-13H,8-10,14-15H2,1-7H3,(H,28,31). The number of likely N-dealkylation sites (tertiary alicyclic amines) is 1. The van der Waals surface area contributed by atoms with Crippen molar-refractivity contribution in [3.63, 3.8) is 0 Å². The van der Waals surface area contributed by atoms with E-state index in [9.17, 15) is 18.4 Å². The lowest BCUT2D eigenvalue weighted by atomic mass is 9.77. The van der Waals surface area contributed by atoms with E-state index >= 15 is 0 Å². The largest absolute Gasteiger partial charge is 0.494 e. The van der Waals surface area contributed by atoms with Crippen LogP contribution in [0.3, 0.4) is 0 Å². The van der Waals surface area contributed by atoms with Gasteiger partial charge in [-0.2, -0.15) is 0 Å². The smallest absolute Gasteiger partial charge is 0.444 e. The Bertz CT molecular complexity index is 930. The summed E-state index contributed by atoms with van der Waals surface area (Å²) >= 11 is 0. The van der Waals surface area contributed by atoms with Gasteiger partial charge in [-0.1, -0.05) is 6.07 Å². The molecule has 3 rings (SSSR count). The molecule has 188 valence electrons.